The summed E-state index contributed by atoms with van der Waals surface area (Å²) in [4.78, 5) is 14.1. The molecule has 0 aromatic carbocycles. The molecule has 1 aliphatic heterocycles. The number of hydrogen-bond donors (Lipinski definition) is 1. The van der Waals surface area contributed by atoms with Crippen molar-refractivity contribution in [1.29, 1.82) is 0 Å². The minimum atomic E-state index is 0. The summed E-state index contributed by atoms with van der Waals surface area (Å²) >= 11 is 0. The number of amides is 1. The maximum absolute atomic E-state index is 12.1. The lowest BCUT2D eigenvalue weighted by Crippen LogP contribution is -2.48. The van der Waals surface area contributed by atoms with Crippen LogP contribution in [0.5, 0.6) is 0 Å². The zero-order valence-corrected chi connectivity index (χ0v) is 12.3. The SMILES string of the molecule is CC1CN(C(=O)CCC2CCCC2)CCC1N.Cl. The maximum Gasteiger partial charge on any atom is 0.222 e. The Kier molecular flexibility index (Phi) is 6.44. The first-order valence-corrected chi connectivity index (χ1v) is 7.20. The Hall–Kier alpha value is -0.280. The Balaban J connectivity index is 0.00000162. The zero-order chi connectivity index (χ0) is 12.3. The van der Waals surface area contributed by atoms with Gasteiger partial charge in [-0.15, -0.1) is 12.4 Å². The third-order valence-corrected chi connectivity index (χ3v) is 4.57. The molecule has 0 bridgehead atoms. The van der Waals surface area contributed by atoms with Crippen molar-refractivity contribution in [3.8, 4) is 0 Å². The van der Waals surface area contributed by atoms with E-state index in [2.05, 4.69) is 6.92 Å². The van der Waals surface area contributed by atoms with Gasteiger partial charge in [0.05, 0.1) is 0 Å². The molecule has 1 saturated heterocycles. The number of carbonyl (C=O) groups is 1. The van der Waals surface area contributed by atoms with Crippen LogP contribution in [0.4, 0.5) is 0 Å². The van der Waals surface area contributed by atoms with Crippen molar-refractivity contribution in [3.05, 3.63) is 0 Å². The second-order valence-corrected chi connectivity index (χ2v) is 5.96. The average molecular weight is 275 g/mol. The van der Waals surface area contributed by atoms with Crippen LogP contribution in [0.2, 0.25) is 0 Å². The lowest BCUT2D eigenvalue weighted by molar-refractivity contribution is -0.133. The van der Waals surface area contributed by atoms with E-state index in [1.807, 2.05) is 4.90 Å². The van der Waals surface area contributed by atoms with Crippen LogP contribution in [0.1, 0.15) is 51.9 Å². The van der Waals surface area contributed by atoms with Crippen LogP contribution < -0.4 is 5.73 Å². The van der Waals surface area contributed by atoms with Gasteiger partial charge in [0.15, 0.2) is 0 Å². The molecule has 2 unspecified atom stereocenters. The molecular formula is C14H27ClN2O. The summed E-state index contributed by atoms with van der Waals surface area (Å²) in [5, 5.41) is 0. The van der Waals surface area contributed by atoms with Crippen LogP contribution in [-0.4, -0.2) is 29.9 Å². The molecule has 2 atom stereocenters. The molecule has 0 aromatic heterocycles. The predicted octanol–water partition coefficient (Wildman–Crippen LogP) is 2.57. The molecule has 1 aliphatic carbocycles. The van der Waals surface area contributed by atoms with E-state index >= 15 is 0 Å². The van der Waals surface area contributed by atoms with E-state index in [4.69, 9.17) is 5.73 Å². The Morgan fingerprint density at radius 3 is 2.56 bits per heavy atom. The largest absolute Gasteiger partial charge is 0.342 e. The van der Waals surface area contributed by atoms with E-state index in [1.54, 1.807) is 0 Å². The van der Waals surface area contributed by atoms with Crippen molar-refractivity contribution < 1.29 is 4.79 Å². The number of piperidine rings is 1. The third-order valence-electron chi connectivity index (χ3n) is 4.57. The summed E-state index contributed by atoms with van der Waals surface area (Å²) in [6.45, 7) is 3.89. The van der Waals surface area contributed by atoms with Gasteiger partial charge >= 0.3 is 0 Å². The molecule has 18 heavy (non-hydrogen) atoms. The Labute approximate surface area is 117 Å². The summed E-state index contributed by atoms with van der Waals surface area (Å²) in [5.41, 5.74) is 5.98. The van der Waals surface area contributed by atoms with Gasteiger partial charge in [-0.2, -0.15) is 0 Å². The molecule has 1 saturated carbocycles. The Bertz CT molecular complexity index is 267. The molecule has 2 fully saturated rings. The predicted molar refractivity (Wildman–Crippen MR) is 76.8 cm³/mol. The van der Waals surface area contributed by atoms with Crippen molar-refractivity contribution >= 4 is 18.3 Å². The summed E-state index contributed by atoms with van der Waals surface area (Å²) < 4.78 is 0. The normalized spacial score (nSPS) is 29.1. The van der Waals surface area contributed by atoms with Crippen LogP contribution in [0, 0.1) is 11.8 Å². The van der Waals surface area contributed by atoms with Gasteiger partial charge in [0.2, 0.25) is 5.91 Å². The van der Waals surface area contributed by atoms with Gasteiger partial charge < -0.3 is 10.6 Å². The van der Waals surface area contributed by atoms with Crippen LogP contribution in [-0.2, 0) is 4.79 Å². The highest BCUT2D eigenvalue weighted by molar-refractivity contribution is 5.85. The Morgan fingerprint density at radius 1 is 1.28 bits per heavy atom. The standard InChI is InChI=1S/C14H26N2O.ClH/c1-11-10-16(9-8-13(11)15)14(17)7-6-12-4-2-3-5-12;/h11-13H,2-10,15H2,1H3;1H. The molecular weight excluding hydrogens is 248 g/mol. The first-order valence-electron chi connectivity index (χ1n) is 7.20. The monoisotopic (exact) mass is 274 g/mol. The average Bonchev–Trinajstić information content (AvgIpc) is 2.82. The van der Waals surface area contributed by atoms with Gasteiger partial charge in [-0.3, -0.25) is 4.79 Å². The fourth-order valence-corrected chi connectivity index (χ4v) is 3.18. The highest BCUT2D eigenvalue weighted by Gasteiger charge is 2.26. The number of nitrogens with zero attached hydrogens (tertiary/aromatic N) is 1. The van der Waals surface area contributed by atoms with E-state index in [0.29, 0.717) is 11.8 Å². The molecule has 2 aliphatic rings. The molecule has 106 valence electrons. The molecule has 1 amide bonds. The first kappa shape index (κ1) is 15.8. The van der Waals surface area contributed by atoms with Crippen molar-refractivity contribution in [2.75, 3.05) is 13.1 Å². The summed E-state index contributed by atoms with van der Waals surface area (Å²) in [6, 6.07) is 0.286. The summed E-state index contributed by atoms with van der Waals surface area (Å²) in [5.74, 6) is 1.64. The molecule has 4 heteroatoms. The van der Waals surface area contributed by atoms with E-state index in [1.165, 1.54) is 25.7 Å². The topological polar surface area (TPSA) is 46.3 Å². The number of hydrogen-bond acceptors (Lipinski definition) is 2. The Morgan fingerprint density at radius 2 is 1.94 bits per heavy atom. The lowest BCUT2D eigenvalue weighted by atomic mass is 9.94. The van der Waals surface area contributed by atoms with Gasteiger partial charge in [0, 0.05) is 25.6 Å². The number of likely N-dealkylation sites (tertiary alicyclic amines) is 1. The zero-order valence-electron chi connectivity index (χ0n) is 11.4. The number of halogens is 1. The smallest absolute Gasteiger partial charge is 0.222 e. The van der Waals surface area contributed by atoms with Gasteiger partial charge in [-0.1, -0.05) is 32.6 Å². The van der Waals surface area contributed by atoms with Gasteiger partial charge in [0.25, 0.3) is 0 Å². The number of nitrogens with two attached hydrogens (primary N) is 1. The van der Waals surface area contributed by atoms with Gasteiger partial charge in [0.1, 0.15) is 0 Å². The molecule has 3 nitrogen and oxygen atoms in total. The molecule has 2 N–H and O–H groups in total. The van der Waals surface area contributed by atoms with Crippen molar-refractivity contribution in [3.63, 3.8) is 0 Å². The molecule has 0 spiro atoms. The minimum Gasteiger partial charge on any atom is -0.342 e. The minimum absolute atomic E-state index is 0. The van der Waals surface area contributed by atoms with Crippen LogP contribution in [0.15, 0.2) is 0 Å². The van der Waals surface area contributed by atoms with Crippen molar-refractivity contribution in [2.45, 2.75) is 57.9 Å². The highest BCUT2D eigenvalue weighted by Crippen LogP contribution is 2.29. The second kappa shape index (κ2) is 7.34. The van der Waals surface area contributed by atoms with Gasteiger partial charge in [-0.05, 0) is 24.7 Å². The number of rotatable bonds is 3. The van der Waals surface area contributed by atoms with Crippen LogP contribution in [0.3, 0.4) is 0 Å². The molecule has 0 aromatic rings. The van der Waals surface area contributed by atoms with Crippen molar-refractivity contribution in [2.24, 2.45) is 17.6 Å². The van der Waals surface area contributed by atoms with E-state index in [-0.39, 0.29) is 18.4 Å². The quantitative estimate of drug-likeness (QED) is 0.860. The lowest BCUT2D eigenvalue weighted by Gasteiger charge is -2.35. The van der Waals surface area contributed by atoms with Crippen LogP contribution >= 0.6 is 12.4 Å². The van der Waals surface area contributed by atoms with Crippen LogP contribution in [0.25, 0.3) is 0 Å². The maximum atomic E-state index is 12.1. The van der Waals surface area contributed by atoms with E-state index in [9.17, 15) is 4.79 Å². The fraction of sp³-hybridized carbons (Fsp3) is 0.929. The van der Waals surface area contributed by atoms with E-state index < -0.39 is 0 Å². The fourth-order valence-electron chi connectivity index (χ4n) is 3.18. The molecule has 0 radical (unpaired) electrons. The summed E-state index contributed by atoms with van der Waals surface area (Å²) in [7, 11) is 0. The molecule has 1 heterocycles. The van der Waals surface area contributed by atoms with Crippen molar-refractivity contribution in [1.82, 2.24) is 4.90 Å². The summed E-state index contributed by atoms with van der Waals surface area (Å²) in [6.07, 6.45) is 8.25. The third kappa shape index (κ3) is 4.13. The van der Waals surface area contributed by atoms with Gasteiger partial charge in [-0.25, -0.2) is 0 Å². The highest BCUT2D eigenvalue weighted by atomic mass is 35.5. The van der Waals surface area contributed by atoms with E-state index in [0.717, 1.165) is 38.3 Å². The first-order chi connectivity index (χ1) is 8.16. The number of carbonyl (C=O) groups excluding carboxylic acids is 1. The second-order valence-electron chi connectivity index (χ2n) is 5.96. The molecule has 2 rings (SSSR count).